The number of aromatic nitrogens is 3. The summed E-state index contributed by atoms with van der Waals surface area (Å²) in [6.45, 7) is 2.79. The first-order valence-electron chi connectivity index (χ1n) is 9.92. The molecule has 0 aliphatic carbocycles. The largest absolute Gasteiger partial charge is 0.388 e. The minimum atomic E-state index is -0.630. The molecule has 0 aliphatic rings. The van der Waals surface area contributed by atoms with Gasteiger partial charge in [0.25, 0.3) is 0 Å². The average molecular weight is 441 g/mol. The Kier molecular flexibility index (Phi) is 7.25. The molecule has 3 aromatic rings. The third kappa shape index (κ3) is 6.05. The molecule has 0 radical (unpaired) electrons. The molecular weight excluding hydrogens is 416 g/mol. The SMILES string of the molecule is Cc1ccc(Cn2c(NCCCC(=N)N)nc(=O)n(Cc3ccc(Cl)cc3)c2=O)cc1. The molecular formula is C22H25ClN6O2. The Hall–Kier alpha value is -3.39. The lowest BCUT2D eigenvalue weighted by Crippen LogP contribution is -2.43. The van der Waals surface area contributed by atoms with Crippen LogP contribution in [-0.2, 0) is 13.1 Å². The minimum Gasteiger partial charge on any atom is -0.388 e. The Bertz CT molecular complexity index is 1170. The van der Waals surface area contributed by atoms with Crippen molar-refractivity contribution in [3.8, 4) is 0 Å². The number of amidine groups is 1. The molecule has 0 bridgehead atoms. The van der Waals surface area contributed by atoms with E-state index in [1.54, 1.807) is 24.3 Å². The lowest BCUT2D eigenvalue weighted by atomic mass is 10.1. The summed E-state index contributed by atoms with van der Waals surface area (Å²) in [7, 11) is 0. The summed E-state index contributed by atoms with van der Waals surface area (Å²) >= 11 is 5.93. The second-order valence-corrected chi connectivity index (χ2v) is 7.78. The highest BCUT2D eigenvalue weighted by Gasteiger charge is 2.14. The fourth-order valence-electron chi connectivity index (χ4n) is 3.07. The van der Waals surface area contributed by atoms with Crippen LogP contribution >= 0.6 is 11.6 Å². The summed E-state index contributed by atoms with van der Waals surface area (Å²) in [4.78, 5) is 30.0. The predicted octanol–water partition coefficient (Wildman–Crippen LogP) is 2.59. The van der Waals surface area contributed by atoms with Crippen LogP contribution in [0.4, 0.5) is 5.95 Å². The third-order valence-corrected chi connectivity index (χ3v) is 5.02. The highest BCUT2D eigenvalue weighted by molar-refractivity contribution is 6.30. The van der Waals surface area contributed by atoms with Gasteiger partial charge in [-0.3, -0.25) is 9.98 Å². The average Bonchev–Trinajstić information content (AvgIpc) is 2.73. The van der Waals surface area contributed by atoms with Crippen molar-refractivity contribution in [1.82, 2.24) is 14.1 Å². The smallest absolute Gasteiger partial charge is 0.355 e. The Labute approximate surface area is 184 Å². The number of rotatable bonds is 9. The molecule has 8 nitrogen and oxygen atoms in total. The second-order valence-electron chi connectivity index (χ2n) is 7.34. The molecule has 2 aromatic carbocycles. The molecule has 0 unspecified atom stereocenters. The number of hydrogen-bond acceptors (Lipinski definition) is 5. The topological polar surface area (TPSA) is 119 Å². The quantitative estimate of drug-likeness (QED) is 0.268. The molecule has 1 aromatic heterocycles. The lowest BCUT2D eigenvalue weighted by molar-refractivity contribution is 0.585. The van der Waals surface area contributed by atoms with Crippen LogP contribution in [0.3, 0.4) is 0 Å². The molecule has 0 amide bonds. The zero-order valence-electron chi connectivity index (χ0n) is 17.3. The summed E-state index contributed by atoms with van der Waals surface area (Å²) in [5.74, 6) is 0.289. The molecule has 1 heterocycles. The van der Waals surface area contributed by atoms with Crippen LogP contribution < -0.4 is 22.4 Å². The maximum Gasteiger partial charge on any atom is 0.355 e. The van der Waals surface area contributed by atoms with Crippen molar-refractivity contribution in [2.24, 2.45) is 5.73 Å². The Balaban J connectivity index is 1.96. The van der Waals surface area contributed by atoms with Crippen molar-refractivity contribution in [2.75, 3.05) is 11.9 Å². The Morgan fingerprint density at radius 2 is 1.61 bits per heavy atom. The van der Waals surface area contributed by atoms with Gasteiger partial charge in [-0.1, -0.05) is 53.6 Å². The van der Waals surface area contributed by atoms with Crippen molar-refractivity contribution in [2.45, 2.75) is 32.9 Å². The van der Waals surface area contributed by atoms with Gasteiger partial charge in [-0.05, 0) is 36.6 Å². The number of anilines is 1. The fourth-order valence-corrected chi connectivity index (χ4v) is 3.20. The van der Waals surface area contributed by atoms with E-state index in [1.165, 1.54) is 4.57 Å². The first kappa shape index (κ1) is 22.3. The van der Waals surface area contributed by atoms with Crippen LogP contribution in [0.1, 0.15) is 29.5 Å². The molecule has 3 rings (SSSR count). The van der Waals surface area contributed by atoms with Gasteiger partial charge in [-0.15, -0.1) is 0 Å². The van der Waals surface area contributed by atoms with E-state index in [4.69, 9.17) is 22.7 Å². The summed E-state index contributed by atoms with van der Waals surface area (Å²) in [5, 5.41) is 10.9. The van der Waals surface area contributed by atoms with Gasteiger partial charge < -0.3 is 11.1 Å². The van der Waals surface area contributed by atoms with Crippen molar-refractivity contribution >= 4 is 23.4 Å². The van der Waals surface area contributed by atoms with Crippen LogP contribution in [0, 0.1) is 12.3 Å². The maximum atomic E-state index is 13.3. The number of hydrogen-bond donors (Lipinski definition) is 3. The van der Waals surface area contributed by atoms with Crippen molar-refractivity contribution in [3.05, 3.63) is 91.2 Å². The second kappa shape index (κ2) is 10.1. The molecule has 4 N–H and O–H groups in total. The van der Waals surface area contributed by atoms with Gasteiger partial charge in [0, 0.05) is 18.0 Å². The van der Waals surface area contributed by atoms with Crippen LogP contribution in [0.15, 0.2) is 58.1 Å². The number of nitrogens with one attached hydrogen (secondary N) is 2. The predicted molar refractivity (Wildman–Crippen MR) is 123 cm³/mol. The monoisotopic (exact) mass is 440 g/mol. The van der Waals surface area contributed by atoms with Crippen LogP contribution in [-0.4, -0.2) is 26.5 Å². The molecule has 9 heteroatoms. The Morgan fingerprint density at radius 1 is 1.03 bits per heavy atom. The van der Waals surface area contributed by atoms with Crippen molar-refractivity contribution in [3.63, 3.8) is 0 Å². The van der Waals surface area contributed by atoms with E-state index in [1.807, 2.05) is 31.2 Å². The van der Waals surface area contributed by atoms with E-state index in [2.05, 4.69) is 10.3 Å². The highest BCUT2D eigenvalue weighted by atomic mass is 35.5. The van der Waals surface area contributed by atoms with Crippen molar-refractivity contribution < 1.29 is 0 Å². The Morgan fingerprint density at radius 3 is 2.23 bits per heavy atom. The number of aryl methyl sites for hydroxylation is 1. The number of nitrogens with two attached hydrogens (primary N) is 1. The first-order chi connectivity index (χ1) is 14.8. The minimum absolute atomic E-state index is 0.0881. The number of nitrogens with zero attached hydrogens (tertiary/aromatic N) is 3. The van der Waals surface area contributed by atoms with Gasteiger partial charge in [0.2, 0.25) is 5.95 Å². The van der Waals surface area contributed by atoms with E-state index < -0.39 is 11.4 Å². The number of benzene rings is 2. The molecule has 162 valence electrons. The van der Waals surface area contributed by atoms with Gasteiger partial charge in [-0.25, -0.2) is 14.2 Å². The van der Waals surface area contributed by atoms with E-state index in [0.717, 1.165) is 21.3 Å². The summed E-state index contributed by atoms with van der Waals surface area (Å²) in [6.07, 6.45) is 1.01. The van der Waals surface area contributed by atoms with E-state index in [-0.39, 0.29) is 24.9 Å². The van der Waals surface area contributed by atoms with Crippen LogP contribution in [0.2, 0.25) is 5.02 Å². The first-order valence-corrected chi connectivity index (χ1v) is 10.3. The fraction of sp³-hybridized carbons (Fsp3) is 0.273. The molecule has 31 heavy (non-hydrogen) atoms. The zero-order valence-corrected chi connectivity index (χ0v) is 18.0. The molecule has 0 fully saturated rings. The summed E-state index contributed by atoms with van der Waals surface area (Å²) < 4.78 is 2.56. The zero-order chi connectivity index (χ0) is 22.4. The molecule has 0 saturated heterocycles. The molecule has 0 aliphatic heterocycles. The van der Waals surface area contributed by atoms with E-state index >= 15 is 0 Å². The molecule has 0 atom stereocenters. The van der Waals surface area contributed by atoms with Gasteiger partial charge in [0.1, 0.15) is 0 Å². The lowest BCUT2D eigenvalue weighted by Gasteiger charge is -2.16. The normalized spacial score (nSPS) is 10.8. The summed E-state index contributed by atoms with van der Waals surface area (Å²) in [6, 6.07) is 14.8. The van der Waals surface area contributed by atoms with Gasteiger partial charge in [-0.2, -0.15) is 4.98 Å². The summed E-state index contributed by atoms with van der Waals surface area (Å²) in [5.41, 5.74) is 7.11. The molecule has 0 saturated carbocycles. The maximum absolute atomic E-state index is 13.3. The van der Waals surface area contributed by atoms with E-state index in [0.29, 0.717) is 24.4 Å². The van der Waals surface area contributed by atoms with Crippen LogP contribution in [0.25, 0.3) is 0 Å². The highest BCUT2D eigenvalue weighted by Crippen LogP contribution is 2.11. The molecule has 0 spiro atoms. The standard InChI is InChI=1S/C22H25ClN6O2/c1-15-4-6-16(7-5-15)13-28-20(26-12-2-3-19(24)25)27-21(30)29(22(28)31)14-17-8-10-18(23)11-9-17/h4-11H,2-3,12-14H2,1H3,(H3,24,25)(H,26,27,30). The number of halogens is 1. The third-order valence-electron chi connectivity index (χ3n) is 4.77. The van der Waals surface area contributed by atoms with Gasteiger partial charge in [0.05, 0.1) is 18.9 Å². The van der Waals surface area contributed by atoms with Crippen molar-refractivity contribution in [1.29, 1.82) is 5.41 Å². The van der Waals surface area contributed by atoms with Crippen LogP contribution in [0.5, 0.6) is 0 Å². The van der Waals surface area contributed by atoms with Gasteiger partial charge >= 0.3 is 11.4 Å². The van der Waals surface area contributed by atoms with Gasteiger partial charge in [0.15, 0.2) is 0 Å². The van der Waals surface area contributed by atoms with E-state index in [9.17, 15) is 9.59 Å².